The van der Waals surface area contributed by atoms with Crippen LogP contribution in [-0.2, 0) is 4.74 Å². The Morgan fingerprint density at radius 2 is 2.00 bits per heavy atom. The Labute approximate surface area is 63.8 Å². The van der Waals surface area contributed by atoms with Crippen LogP contribution in [0.25, 0.3) is 0 Å². The minimum absolute atomic E-state index is 0.488. The van der Waals surface area contributed by atoms with E-state index >= 15 is 0 Å². The summed E-state index contributed by atoms with van der Waals surface area (Å²) < 4.78 is 5.55. The highest BCUT2D eigenvalue weighted by atomic mass is 16.5. The largest absolute Gasteiger partial charge is 0.378 e. The molecule has 1 fully saturated rings. The third kappa shape index (κ3) is 1.07. The summed E-state index contributed by atoms with van der Waals surface area (Å²) >= 11 is 0. The molecule has 1 heterocycles. The Kier molecular flexibility index (Phi) is 2.35. The summed E-state index contributed by atoms with van der Waals surface area (Å²) in [4.78, 5) is 0. The van der Waals surface area contributed by atoms with Crippen LogP contribution in [0.3, 0.4) is 0 Å². The maximum absolute atomic E-state index is 5.55. The van der Waals surface area contributed by atoms with E-state index in [4.69, 9.17) is 4.74 Å². The molecule has 0 radical (unpaired) electrons. The molecule has 0 spiro atoms. The highest BCUT2D eigenvalue weighted by Gasteiger charge is 2.37. The van der Waals surface area contributed by atoms with E-state index in [0.717, 1.165) is 6.61 Å². The zero-order chi connectivity index (χ0) is 7.61. The first-order chi connectivity index (χ1) is 4.75. The van der Waals surface area contributed by atoms with Gasteiger partial charge in [0.25, 0.3) is 0 Å². The Balaban J connectivity index is 2.61. The van der Waals surface area contributed by atoms with Crippen molar-refractivity contribution in [1.29, 1.82) is 0 Å². The topological polar surface area (TPSA) is 9.23 Å². The highest BCUT2D eigenvalue weighted by molar-refractivity contribution is 4.86. The van der Waals surface area contributed by atoms with Crippen molar-refractivity contribution < 1.29 is 4.74 Å². The van der Waals surface area contributed by atoms with E-state index < -0.39 is 0 Å². The number of hydrogen-bond acceptors (Lipinski definition) is 1. The molecule has 1 nitrogen and oxygen atoms in total. The molecule has 1 aliphatic rings. The van der Waals surface area contributed by atoms with Crippen molar-refractivity contribution in [2.24, 2.45) is 5.41 Å². The second kappa shape index (κ2) is 2.91. The predicted molar refractivity (Wildman–Crippen MR) is 43.0 cm³/mol. The van der Waals surface area contributed by atoms with Crippen LogP contribution < -0.4 is 0 Å². The minimum atomic E-state index is 0.488. The van der Waals surface area contributed by atoms with Crippen LogP contribution >= 0.6 is 0 Å². The molecular weight excluding hydrogens is 124 g/mol. The predicted octanol–water partition coefficient (Wildman–Crippen LogP) is 2.60. The maximum atomic E-state index is 5.55. The first kappa shape index (κ1) is 8.06. The second-order valence-electron chi connectivity index (χ2n) is 3.33. The lowest BCUT2D eigenvalue weighted by Gasteiger charge is -2.29. The number of rotatable bonds is 2. The van der Waals surface area contributed by atoms with Crippen molar-refractivity contribution in [3.63, 3.8) is 0 Å². The van der Waals surface area contributed by atoms with E-state index in [1.54, 1.807) is 0 Å². The van der Waals surface area contributed by atoms with Crippen LogP contribution in [0.2, 0.25) is 0 Å². The summed E-state index contributed by atoms with van der Waals surface area (Å²) in [6, 6.07) is 0. The summed E-state index contributed by atoms with van der Waals surface area (Å²) in [5.41, 5.74) is 0.514. The Morgan fingerprint density at radius 3 is 2.20 bits per heavy atom. The molecule has 0 N–H and O–H groups in total. The van der Waals surface area contributed by atoms with E-state index in [9.17, 15) is 0 Å². The van der Waals surface area contributed by atoms with Crippen LogP contribution in [0.4, 0.5) is 0 Å². The van der Waals surface area contributed by atoms with Gasteiger partial charge < -0.3 is 4.74 Å². The van der Waals surface area contributed by atoms with Gasteiger partial charge in [-0.3, -0.25) is 0 Å². The van der Waals surface area contributed by atoms with Crippen molar-refractivity contribution in [3.05, 3.63) is 0 Å². The van der Waals surface area contributed by atoms with Crippen molar-refractivity contribution in [1.82, 2.24) is 0 Å². The first-order valence-corrected chi connectivity index (χ1v) is 4.37. The van der Waals surface area contributed by atoms with Gasteiger partial charge in [0.1, 0.15) is 0 Å². The molecule has 0 aromatic heterocycles. The lowest BCUT2D eigenvalue weighted by molar-refractivity contribution is 0.0592. The fraction of sp³-hybridized carbons (Fsp3) is 1.00. The van der Waals surface area contributed by atoms with Crippen molar-refractivity contribution in [2.75, 3.05) is 6.61 Å². The summed E-state index contributed by atoms with van der Waals surface area (Å²) in [5.74, 6) is 0. The van der Waals surface area contributed by atoms with Gasteiger partial charge in [-0.15, -0.1) is 0 Å². The maximum Gasteiger partial charge on any atom is 0.0603 e. The van der Waals surface area contributed by atoms with Gasteiger partial charge in [-0.25, -0.2) is 0 Å². The van der Waals surface area contributed by atoms with Crippen molar-refractivity contribution in [2.45, 2.75) is 46.1 Å². The van der Waals surface area contributed by atoms with Gasteiger partial charge >= 0.3 is 0 Å². The van der Waals surface area contributed by atoms with E-state index in [0.29, 0.717) is 11.5 Å². The molecule has 1 heteroatoms. The second-order valence-corrected chi connectivity index (χ2v) is 3.33. The van der Waals surface area contributed by atoms with Crippen LogP contribution in [0, 0.1) is 5.41 Å². The average Bonchev–Trinajstić information content (AvgIpc) is 2.32. The standard InChI is InChI=1S/C9H18O/c1-4-9(5-2)6-7-10-8(9)3/h8H,4-7H2,1-3H3. The summed E-state index contributed by atoms with van der Waals surface area (Å²) in [6.07, 6.45) is 4.29. The quantitative estimate of drug-likeness (QED) is 0.576. The van der Waals surface area contributed by atoms with E-state index in [1.807, 2.05) is 0 Å². The molecule has 1 atom stereocenters. The molecule has 0 aromatic carbocycles. The smallest absolute Gasteiger partial charge is 0.0603 e. The Bertz CT molecular complexity index is 105. The molecule has 1 rings (SSSR count). The molecule has 0 aliphatic carbocycles. The molecule has 1 unspecified atom stereocenters. The number of hydrogen-bond donors (Lipinski definition) is 0. The van der Waals surface area contributed by atoms with Crippen LogP contribution in [0.15, 0.2) is 0 Å². The van der Waals surface area contributed by atoms with Crippen LogP contribution in [-0.4, -0.2) is 12.7 Å². The third-order valence-corrected chi connectivity index (χ3v) is 3.24. The molecule has 0 amide bonds. The summed E-state index contributed by atoms with van der Waals surface area (Å²) in [7, 11) is 0. The van der Waals surface area contributed by atoms with Crippen LogP contribution in [0.5, 0.6) is 0 Å². The average molecular weight is 142 g/mol. The van der Waals surface area contributed by atoms with E-state index in [-0.39, 0.29) is 0 Å². The fourth-order valence-corrected chi connectivity index (χ4v) is 2.00. The summed E-state index contributed by atoms with van der Waals surface area (Å²) in [5, 5.41) is 0. The zero-order valence-electron chi connectivity index (χ0n) is 7.31. The third-order valence-electron chi connectivity index (χ3n) is 3.24. The molecular formula is C9H18O. The van der Waals surface area contributed by atoms with Gasteiger partial charge in [0.15, 0.2) is 0 Å². The molecule has 0 aromatic rings. The monoisotopic (exact) mass is 142 g/mol. The molecule has 0 saturated carbocycles. The van der Waals surface area contributed by atoms with Gasteiger partial charge in [-0.05, 0) is 31.6 Å². The lowest BCUT2D eigenvalue weighted by atomic mass is 9.77. The first-order valence-electron chi connectivity index (χ1n) is 4.37. The normalized spacial score (nSPS) is 30.9. The van der Waals surface area contributed by atoms with Gasteiger partial charge in [-0.1, -0.05) is 13.8 Å². The lowest BCUT2D eigenvalue weighted by Crippen LogP contribution is -2.26. The molecule has 1 aliphatic heterocycles. The highest BCUT2D eigenvalue weighted by Crippen LogP contribution is 2.40. The van der Waals surface area contributed by atoms with Crippen molar-refractivity contribution >= 4 is 0 Å². The van der Waals surface area contributed by atoms with Gasteiger partial charge in [0, 0.05) is 6.61 Å². The molecule has 10 heavy (non-hydrogen) atoms. The zero-order valence-corrected chi connectivity index (χ0v) is 7.31. The van der Waals surface area contributed by atoms with Crippen molar-refractivity contribution in [3.8, 4) is 0 Å². The Morgan fingerprint density at radius 1 is 1.40 bits per heavy atom. The number of ether oxygens (including phenoxy) is 1. The molecule has 1 saturated heterocycles. The fourth-order valence-electron chi connectivity index (χ4n) is 2.00. The van der Waals surface area contributed by atoms with E-state index in [2.05, 4.69) is 20.8 Å². The van der Waals surface area contributed by atoms with Gasteiger partial charge in [0.05, 0.1) is 6.10 Å². The van der Waals surface area contributed by atoms with Gasteiger partial charge in [0.2, 0.25) is 0 Å². The SMILES string of the molecule is CCC1(CC)CCOC1C. The Hall–Kier alpha value is -0.0400. The molecule has 0 bridgehead atoms. The van der Waals surface area contributed by atoms with E-state index in [1.165, 1.54) is 19.3 Å². The minimum Gasteiger partial charge on any atom is -0.378 e. The van der Waals surface area contributed by atoms with Crippen LogP contribution in [0.1, 0.15) is 40.0 Å². The molecule has 60 valence electrons. The summed E-state index contributed by atoms with van der Waals surface area (Å²) in [6.45, 7) is 7.73. The van der Waals surface area contributed by atoms with Gasteiger partial charge in [-0.2, -0.15) is 0 Å².